The summed E-state index contributed by atoms with van der Waals surface area (Å²) in [6.45, 7) is 6.47. The lowest BCUT2D eigenvalue weighted by atomic mass is 10.2. The fourth-order valence-corrected chi connectivity index (χ4v) is 2.35. The topological polar surface area (TPSA) is 42.2 Å². The molecule has 0 saturated heterocycles. The number of nitrogens with zero attached hydrogens (tertiary/aromatic N) is 2. The Morgan fingerprint density at radius 3 is 2.64 bits per heavy atom. The second kappa shape index (κ2) is 4.64. The van der Waals surface area contributed by atoms with E-state index in [-0.39, 0.29) is 0 Å². The smallest absolute Gasteiger partial charge is 0.142 e. The normalized spacial score (nSPS) is 12.9. The Labute approximate surface area is 90.1 Å². The molecule has 0 radical (unpaired) electrons. The van der Waals surface area contributed by atoms with Gasteiger partial charge in [0.15, 0.2) is 0 Å². The summed E-state index contributed by atoms with van der Waals surface area (Å²) in [7, 11) is 2.11. The number of aromatic nitrogens is 1. The van der Waals surface area contributed by atoms with Crippen molar-refractivity contribution in [2.24, 2.45) is 0 Å². The van der Waals surface area contributed by atoms with Crippen LogP contribution in [0.3, 0.4) is 0 Å². The third-order valence-electron chi connectivity index (χ3n) is 2.62. The maximum atomic E-state index is 5.73. The van der Waals surface area contributed by atoms with Crippen LogP contribution in [0.25, 0.3) is 0 Å². The van der Waals surface area contributed by atoms with Crippen LogP contribution < -0.4 is 10.6 Å². The lowest BCUT2D eigenvalue weighted by Crippen LogP contribution is -2.28. The van der Waals surface area contributed by atoms with E-state index in [0.29, 0.717) is 11.9 Å². The summed E-state index contributed by atoms with van der Waals surface area (Å²) < 4.78 is 4.16. The molecule has 1 rings (SSSR count). The summed E-state index contributed by atoms with van der Waals surface area (Å²) in [5.41, 5.74) is 6.84. The maximum absolute atomic E-state index is 5.73. The van der Waals surface area contributed by atoms with Gasteiger partial charge in [0.2, 0.25) is 0 Å². The Hall–Kier alpha value is -0.770. The van der Waals surface area contributed by atoms with Crippen molar-refractivity contribution in [3.8, 4) is 0 Å². The first-order chi connectivity index (χ1) is 6.57. The van der Waals surface area contributed by atoms with Gasteiger partial charge < -0.3 is 10.6 Å². The Morgan fingerprint density at radius 1 is 1.57 bits per heavy atom. The molecular formula is C10H19N3S. The fourth-order valence-electron chi connectivity index (χ4n) is 1.48. The standard InChI is InChI=1S/C10H19N3S/c1-5-6-7(2)13(4)10-8(3)9(11)12-14-10/h7H,5-6H2,1-4H3,(H2,11,12). The molecule has 0 aliphatic carbocycles. The van der Waals surface area contributed by atoms with Gasteiger partial charge in [0.25, 0.3) is 0 Å². The summed E-state index contributed by atoms with van der Waals surface area (Å²) in [4.78, 5) is 2.27. The van der Waals surface area contributed by atoms with Crippen molar-refractivity contribution < 1.29 is 0 Å². The zero-order valence-corrected chi connectivity index (χ0v) is 10.2. The van der Waals surface area contributed by atoms with Gasteiger partial charge in [-0.15, -0.1) is 0 Å². The molecule has 80 valence electrons. The summed E-state index contributed by atoms with van der Waals surface area (Å²) in [5.74, 6) is 0.667. The van der Waals surface area contributed by atoms with Gasteiger partial charge in [-0.3, -0.25) is 0 Å². The number of anilines is 2. The van der Waals surface area contributed by atoms with E-state index in [4.69, 9.17) is 5.73 Å². The molecule has 2 N–H and O–H groups in total. The molecular weight excluding hydrogens is 194 g/mol. The van der Waals surface area contributed by atoms with E-state index in [1.807, 2.05) is 6.92 Å². The molecule has 1 aromatic heterocycles. The molecule has 0 fully saturated rings. The SMILES string of the molecule is CCCC(C)N(C)c1snc(N)c1C. The zero-order chi connectivity index (χ0) is 10.7. The summed E-state index contributed by atoms with van der Waals surface area (Å²) in [6.07, 6.45) is 2.41. The second-order valence-corrected chi connectivity index (χ2v) is 4.50. The van der Waals surface area contributed by atoms with E-state index in [0.717, 1.165) is 5.56 Å². The molecule has 0 saturated carbocycles. The van der Waals surface area contributed by atoms with Gasteiger partial charge >= 0.3 is 0 Å². The van der Waals surface area contributed by atoms with Crippen LogP contribution in [0.1, 0.15) is 32.3 Å². The average Bonchev–Trinajstić information content (AvgIpc) is 2.47. The maximum Gasteiger partial charge on any atom is 0.142 e. The number of hydrogen-bond acceptors (Lipinski definition) is 4. The first-order valence-corrected chi connectivity index (χ1v) is 5.79. The van der Waals surface area contributed by atoms with E-state index in [1.165, 1.54) is 29.4 Å². The van der Waals surface area contributed by atoms with Gasteiger partial charge in [-0.05, 0) is 31.8 Å². The Bertz CT molecular complexity index is 296. The molecule has 14 heavy (non-hydrogen) atoms. The van der Waals surface area contributed by atoms with Crippen LogP contribution in [-0.2, 0) is 0 Å². The first-order valence-electron chi connectivity index (χ1n) is 5.02. The number of rotatable bonds is 4. The van der Waals surface area contributed by atoms with Gasteiger partial charge in [-0.2, -0.15) is 4.37 Å². The van der Waals surface area contributed by atoms with Crippen molar-refractivity contribution in [1.82, 2.24) is 4.37 Å². The Kier molecular flexibility index (Phi) is 3.75. The second-order valence-electron chi connectivity index (χ2n) is 3.75. The Morgan fingerprint density at radius 2 is 2.21 bits per heavy atom. The molecule has 4 heteroatoms. The van der Waals surface area contributed by atoms with Crippen LogP contribution in [0.2, 0.25) is 0 Å². The van der Waals surface area contributed by atoms with E-state index in [1.54, 1.807) is 0 Å². The zero-order valence-electron chi connectivity index (χ0n) is 9.37. The summed E-state index contributed by atoms with van der Waals surface area (Å²) in [6, 6.07) is 0.554. The predicted octanol–water partition coefficient (Wildman–Crippen LogP) is 2.66. The van der Waals surface area contributed by atoms with Crippen molar-refractivity contribution in [3.63, 3.8) is 0 Å². The van der Waals surface area contributed by atoms with Crippen molar-refractivity contribution >= 4 is 22.4 Å². The van der Waals surface area contributed by atoms with Crippen LogP contribution in [0.4, 0.5) is 10.8 Å². The van der Waals surface area contributed by atoms with Crippen LogP contribution in [0.15, 0.2) is 0 Å². The monoisotopic (exact) mass is 213 g/mol. The van der Waals surface area contributed by atoms with Crippen LogP contribution in [0, 0.1) is 6.92 Å². The lowest BCUT2D eigenvalue weighted by Gasteiger charge is -2.25. The first kappa shape index (κ1) is 11.3. The van der Waals surface area contributed by atoms with E-state index in [2.05, 4.69) is 30.2 Å². The molecule has 1 atom stereocenters. The minimum absolute atomic E-state index is 0.554. The quantitative estimate of drug-likeness (QED) is 0.836. The highest BCUT2D eigenvalue weighted by molar-refractivity contribution is 7.10. The molecule has 0 bridgehead atoms. The van der Waals surface area contributed by atoms with Crippen molar-refractivity contribution in [1.29, 1.82) is 0 Å². The molecule has 0 aliphatic rings. The molecule has 0 aromatic carbocycles. The molecule has 0 spiro atoms. The van der Waals surface area contributed by atoms with Gasteiger partial charge in [-0.1, -0.05) is 13.3 Å². The van der Waals surface area contributed by atoms with Gasteiger partial charge in [0.05, 0.1) is 0 Å². The molecule has 0 amide bonds. The highest BCUT2D eigenvalue weighted by Gasteiger charge is 2.15. The largest absolute Gasteiger partial charge is 0.383 e. The number of nitrogens with two attached hydrogens (primary N) is 1. The third-order valence-corrected chi connectivity index (χ3v) is 3.68. The van der Waals surface area contributed by atoms with Crippen LogP contribution >= 0.6 is 11.5 Å². The average molecular weight is 213 g/mol. The van der Waals surface area contributed by atoms with Crippen molar-refractivity contribution in [2.75, 3.05) is 17.7 Å². The van der Waals surface area contributed by atoms with E-state index < -0.39 is 0 Å². The third kappa shape index (κ3) is 2.18. The molecule has 1 aromatic rings. The predicted molar refractivity (Wildman–Crippen MR) is 64.0 cm³/mol. The number of hydrogen-bond donors (Lipinski definition) is 1. The number of nitrogen functional groups attached to an aromatic ring is 1. The lowest BCUT2D eigenvalue weighted by molar-refractivity contribution is 0.618. The van der Waals surface area contributed by atoms with Crippen LogP contribution in [-0.4, -0.2) is 17.5 Å². The highest BCUT2D eigenvalue weighted by Crippen LogP contribution is 2.30. The molecule has 1 heterocycles. The van der Waals surface area contributed by atoms with Crippen molar-refractivity contribution in [2.45, 2.75) is 39.7 Å². The summed E-state index contributed by atoms with van der Waals surface area (Å²) in [5, 5.41) is 1.20. The van der Waals surface area contributed by atoms with Gasteiger partial charge in [0.1, 0.15) is 10.8 Å². The minimum atomic E-state index is 0.554. The molecule has 0 aliphatic heterocycles. The van der Waals surface area contributed by atoms with Crippen LogP contribution in [0.5, 0.6) is 0 Å². The molecule has 3 nitrogen and oxygen atoms in total. The van der Waals surface area contributed by atoms with E-state index in [9.17, 15) is 0 Å². The highest BCUT2D eigenvalue weighted by atomic mass is 32.1. The van der Waals surface area contributed by atoms with Crippen molar-refractivity contribution in [3.05, 3.63) is 5.56 Å². The van der Waals surface area contributed by atoms with E-state index >= 15 is 0 Å². The Balaban J connectivity index is 2.78. The molecule has 1 unspecified atom stereocenters. The summed E-state index contributed by atoms with van der Waals surface area (Å²) >= 11 is 1.49. The van der Waals surface area contributed by atoms with Gasteiger partial charge in [-0.25, -0.2) is 0 Å². The van der Waals surface area contributed by atoms with Gasteiger partial charge in [0, 0.05) is 18.7 Å². The minimum Gasteiger partial charge on any atom is -0.383 e. The fraction of sp³-hybridized carbons (Fsp3) is 0.700.